The number of nitrogens with one attached hydrogen (secondary N) is 3. The van der Waals surface area contributed by atoms with Gasteiger partial charge in [0, 0.05) is 0 Å². The van der Waals surface area contributed by atoms with Crippen molar-refractivity contribution in [2.75, 3.05) is 18.4 Å². The quantitative estimate of drug-likeness (QED) is 0.384. The minimum absolute atomic E-state index is 0.134. The van der Waals surface area contributed by atoms with Crippen LogP contribution in [-0.2, 0) is 4.79 Å². The van der Waals surface area contributed by atoms with E-state index in [1.165, 1.54) is 0 Å². The van der Waals surface area contributed by atoms with E-state index in [9.17, 15) is 18.0 Å². The molecule has 4 heterocycles. The maximum absolute atomic E-state index is 12.3. The van der Waals surface area contributed by atoms with Gasteiger partial charge >= 0.3 is 170 Å². The average molecular weight is 526 g/mol. The standard InChI is InChI=1S/C18H21AsN6O.C2HF3O2/c1-11-7-12(4-6-21-11)17-14-10-22-16(8-15(14)24-25-17)23-18(26)19-13-3-2-5-20-9-13;3-2(4,5)1(6)7/h4,6-8,10,13,19-20H,2-3,5,9H2,1H3,(H,24,25)(H,22,23,26);(H,6,7). The van der Waals surface area contributed by atoms with Gasteiger partial charge in [-0.25, -0.2) is 4.79 Å². The molecule has 1 aliphatic heterocycles. The Morgan fingerprint density at radius 2 is 2.03 bits per heavy atom. The molecule has 4 rings (SSSR count). The summed E-state index contributed by atoms with van der Waals surface area (Å²) in [5.74, 6) is -2.18. The van der Waals surface area contributed by atoms with Crippen LogP contribution in [0.3, 0.4) is 0 Å². The third-order valence-corrected chi connectivity index (χ3v) is 7.44. The average Bonchev–Trinajstić information content (AvgIpc) is 3.17. The predicted molar refractivity (Wildman–Crippen MR) is 118 cm³/mol. The van der Waals surface area contributed by atoms with E-state index in [2.05, 4.69) is 30.8 Å². The summed E-state index contributed by atoms with van der Waals surface area (Å²) >= 11 is -0.696. The maximum atomic E-state index is 12.3. The van der Waals surface area contributed by atoms with Gasteiger partial charge in [0.25, 0.3) is 0 Å². The molecule has 1 amide bonds. The number of carboxylic acids is 1. The molecule has 33 heavy (non-hydrogen) atoms. The third kappa shape index (κ3) is 7.00. The number of fused-ring (bicyclic) bond motifs is 1. The molecule has 3 aromatic heterocycles. The number of alkyl halides is 3. The van der Waals surface area contributed by atoms with Gasteiger partial charge in [-0.1, -0.05) is 0 Å². The number of halogens is 3. The molecule has 0 aromatic carbocycles. The Kier molecular flexibility index (Phi) is 8.04. The number of hydrogen-bond acceptors (Lipinski definition) is 6. The number of anilines is 1. The van der Waals surface area contributed by atoms with E-state index >= 15 is 0 Å². The fraction of sp³-hybridized carbons (Fsp3) is 0.350. The first kappa shape index (κ1) is 24.7. The predicted octanol–water partition coefficient (Wildman–Crippen LogP) is 3.10. The van der Waals surface area contributed by atoms with Gasteiger partial charge in [-0.2, -0.15) is 13.2 Å². The van der Waals surface area contributed by atoms with Crippen molar-refractivity contribution in [1.29, 1.82) is 0 Å². The number of carboxylic acid groups (broad SMARTS) is 1. The number of aryl methyl sites for hydroxylation is 1. The first-order chi connectivity index (χ1) is 15.6. The number of carbonyl (C=O) groups excluding carboxylic acids is 1. The van der Waals surface area contributed by atoms with E-state index in [0.717, 1.165) is 53.8 Å². The third-order valence-electron chi connectivity index (χ3n) is 4.73. The SMILES string of the molecule is Cc1cc(-c2n[nH]c3cc(NC(=O)[AsH]C4CCCNC4)ncc23)ccn1.O=C(O)C(F)(F)F. The minimum Gasteiger partial charge on any atom is -0.475 e. The van der Waals surface area contributed by atoms with Crippen molar-refractivity contribution in [3.63, 3.8) is 0 Å². The number of amides is 1. The second-order valence-corrected chi connectivity index (χ2v) is 10.6. The number of rotatable bonds is 4. The molecule has 1 aliphatic rings. The van der Waals surface area contributed by atoms with Crippen LogP contribution in [0.25, 0.3) is 22.2 Å². The summed E-state index contributed by atoms with van der Waals surface area (Å²) in [6.45, 7) is 3.99. The van der Waals surface area contributed by atoms with Gasteiger partial charge in [0.05, 0.1) is 0 Å². The molecule has 1 saturated heterocycles. The van der Waals surface area contributed by atoms with Crippen LogP contribution in [0.2, 0.25) is 4.71 Å². The van der Waals surface area contributed by atoms with E-state index in [4.69, 9.17) is 9.90 Å². The van der Waals surface area contributed by atoms with Crippen molar-refractivity contribution in [3.05, 3.63) is 36.3 Å². The molecule has 2 atom stereocenters. The van der Waals surface area contributed by atoms with Crippen LogP contribution in [0.15, 0.2) is 30.6 Å². The molecule has 1 fully saturated rings. The molecule has 0 saturated carbocycles. The number of aromatic amines is 1. The first-order valence-electron chi connectivity index (χ1n) is 9.99. The first-order valence-corrected chi connectivity index (χ1v) is 12.2. The summed E-state index contributed by atoms with van der Waals surface area (Å²) in [5, 5.41) is 21.8. The fourth-order valence-corrected chi connectivity index (χ4v) is 5.65. The van der Waals surface area contributed by atoms with Crippen molar-refractivity contribution < 1.29 is 27.9 Å². The molecular weight excluding hydrogens is 504 g/mol. The Balaban J connectivity index is 0.000000383. The van der Waals surface area contributed by atoms with Gasteiger partial charge in [-0.05, 0) is 0 Å². The van der Waals surface area contributed by atoms with Crippen molar-refractivity contribution >= 4 is 43.1 Å². The van der Waals surface area contributed by atoms with Crippen molar-refractivity contribution in [2.24, 2.45) is 0 Å². The monoisotopic (exact) mass is 526 g/mol. The maximum Gasteiger partial charge on any atom is 0.490 e. The molecule has 3 aromatic rings. The zero-order chi connectivity index (χ0) is 24.0. The summed E-state index contributed by atoms with van der Waals surface area (Å²) in [6, 6.07) is 5.78. The number of hydrogen-bond donors (Lipinski definition) is 4. The molecule has 4 N–H and O–H groups in total. The second-order valence-electron chi connectivity index (χ2n) is 7.32. The van der Waals surface area contributed by atoms with E-state index in [0.29, 0.717) is 10.5 Å². The minimum atomic E-state index is -5.08. The molecular formula is C20H22AsF3N6O3. The zero-order valence-corrected chi connectivity index (χ0v) is 19.6. The Morgan fingerprint density at radius 3 is 2.67 bits per heavy atom. The van der Waals surface area contributed by atoms with Gasteiger partial charge in [-0.3, -0.25) is 0 Å². The number of pyridine rings is 2. The van der Waals surface area contributed by atoms with Crippen LogP contribution in [0.1, 0.15) is 18.5 Å². The van der Waals surface area contributed by atoms with Gasteiger partial charge in [0.2, 0.25) is 0 Å². The summed E-state index contributed by atoms with van der Waals surface area (Å²) in [4.78, 5) is 29.9. The van der Waals surface area contributed by atoms with Gasteiger partial charge in [0.15, 0.2) is 0 Å². The smallest absolute Gasteiger partial charge is 0.475 e. The van der Waals surface area contributed by atoms with Gasteiger partial charge < -0.3 is 5.11 Å². The van der Waals surface area contributed by atoms with Crippen molar-refractivity contribution in [1.82, 2.24) is 25.5 Å². The number of piperidine rings is 1. The van der Waals surface area contributed by atoms with E-state index in [1.807, 2.05) is 25.1 Å². The van der Waals surface area contributed by atoms with Crippen LogP contribution in [-0.4, -0.2) is 71.0 Å². The van der Waals surface area contributed by atoms with E-state index in [-0.39, 0.29) is 4.69 Å². The van der Waals surface area contributed by atoms with Crippen LogP contribution < -0.4 is 10.6 Å². The summed E-state index contributed by atoms with van der Waals surface area (Å²) < 4.78 is 32.4. The Labute approximate surface area is 193 Å². The molecule has 9 nitrogen and oxygen atoms in total. The number of carbonyl (C=O) groups is 2. The van der Waals surface area contributed by atoms with Crippen LogP contribution in [0, 0.1) is 6.92 Å². The zero-order valence-electron chi connectivity index (χ0n) is 17.5. The molecule has 0 bridgehead atoms. The molecule has 0 radical (unpaired) electrons. The van der Waals surface area contributed by atoms with Crippen LogP contribution in [0.4, 0.5) is 23.8 Å². The van der Waals surface area contributed by atoms with E-state index in [1.54, 1.807) is 12.4 Å². The molecule has 176 valence electrons. The second kappa shape index (κ2) is 10.8. The fourth-order valence-electron chi connectivity index (χ4n) is 3.21. The topological polar surface area (TPSA) is 133 Å². The molecule has 0 aliphatic carbocycles. The molecule has 0 spiro atoms. The Hall–Kier alpha value is -2.98. The van der Waals surface area contributed by atoms with E-state index < -0.39 is 27.9 Å². The van der Waals surface area contributed by atoms with Gasteiger partial charge in [0.1, 0.15) is 0 Å². The molecule has 2 unspecified atom stereocenters. The summed E-state index contributed by atoms with van der Waals surface area (Å²) in [5.41, 5.74) is 3.65. The molecule has 13 heteroatoms. The number of aromatic nitrogens is 4. The number of nitrogens with zero attached hydrogens (tertiary/aromatic N) is 3. The van der Waals surface area contributed by atoms with Crippen molar-refractivity contribution in [2.45, 2.75) is 30.6 Å². The van der Waals surface area contributed by atoms with Gasteiger partial charge in [-0.15, -0.1) is 0 Å². The van der Waals surface area contributed by atoms with Crippen molar-refractivity contribution in [3.8, 4) is 11.3 Å². The summed E-state index contributed by atoms with van der Waals surface area (Å²) in [7, 11) is 0. The normalized spacial score (nSPS) is 16.4. The number of H-pyrrole nitrogens is 1. The van der Waals surface area contributed by atoms with Crippen LogP contribution in [0.5, 0.6) is 0 Å². The Bertz CT molecular complexity index is 1130. The van der Waals surface area contributed by atoms with Crippen LogP contribution >= 0.6 is 0 Å². The summed E-state index contributed by atoms with van der Waals surface area (Å²) in [6.07, 6.45) is 0.776. The largest absolute Gasteiger partial charge is 0.490 e. The number of aliphatic carboxylic acids is 1. The Morgan fingerprint density at radius 1 is 1.27 bits per heavy atom.